The van der Waals surface area contributed by atoms with Crippen molar-refractivity contribution in [1.82, 2.24) is 20.5 Å². The molecule has 26 heavy (non-hydrogen) atoms. The van der Waals surface area contributed by atoms with Gasteiger partial charge in [-0.3, -0.25) is 9.78 Å². The lowest BCUT2D eigenvalue weighted by atomic mass is 9.85. The predicted molar refractivity (Wildman–Crippen MR) is 104 cm³/mol. The molecule has 0 aromatic carbocycles. The third-order valence-electron chi connectivity index (χ3n) is 5.13. The summed E-state index contributed by atoms with van der Waals surface area (Å²) in [6.45, 7) is 2.35. The van der Waals surface area contributed by atoms with Crippen LogP contribution in [0.25, 0.3) is 0 Å². The van der Waals surface area contributed by atoms with Gasteiger partial charge in [-0.25, -0.2) is 4.79 Å². The predicted octanol–water partition coefficient (Wildman–Crippen LogP) is 2.06. The topological polar surface area (TPSA) is 74.3 Å². The highest BCUT2D eigenvalue weighted by atomic mass is 32.2. The molecule has 0 unspecified atom stereocenters. The fraction of sp³-hybridized carbons (Fsp3) is 0.632. The first-order valence-corrected chi connectivity index (χ1v) is 10.7. The Labute approximate surface area is 159 Å². The highest BCUT2D eigenvalue weighted by molar-refractivity contribution is 7.99. The summed E-state index contributed by atoms with van der Waals surface area (Å²) in [5.41, 5.74) is 0.975. The smallest absolute Gasteiger partial charge is 0.315 e. The van der Waals surface area contributed by atoms with Crippen molar-refractivity contribution in [3.8, 4) is 0 Å². The first-order chi connectivity index (χ1) is 12.7. The van der Waals surface area contributed by atoms with Crippen molar-refractivity contribution in [2.45, 2.75) is 38.1 Å². The van der Waals surface area contributed by atoms with Gasteiger partial charge in [-0.05, 0) is 37.8 Å². The molecule has 1 aromatic rings. The highest BCUT2D eigenvalue weighted by Crippen LogP contribution is 2.27. The summed E-state index contributed by atoms with van der Waals surface area (Å²) < 4.78 is 0. The molecule has 1 saturated carbocycles. The van der Waals surface area contributed by atoms with E-state index in [0.29, 0.717) is 12.5 Å². The summed E-state index contributed by atoms with van der Waals surface area (Å²) in [4.78, 5) is 30.9. The van der Waals surface area contributed by atoms with Crippen molar-refractivity contribution in [1.29, 1.82) is 0 Å². The monoisotopic (exact) mass is 376 g/mol. The van der Waals surface area contributed by atoms with E-state index in [9.17, 15) is 9.59 Å². The van der Waals surface area contributed by atoms with E-state index in [-0.39, 0.29) is 18.0 Å². The molecule has 1 aromatic heterocycles. The average molecular weight is 377 g/mol. The number of hydrogen-bond acceptors (Lipinski definition) is 4. The van der Waals surface area contributed by atoms with Gasteiger partial charge in [-0.15, -0.1) is 0 Å². The number of carbonyl (C=O) groups is 2. The van der Waals surface area contributed by atoms with Crippen molar-refractivity contribution in [3.05, 3.63) is 30.1 Å². The van der Waals surface area contributed by atoms with Gasteiger partial charge in [0.2, 0.25) is 5.91 Å². The molecule has 1 saturated heterocycles. The Balaban J connectivity index is 1.33. The van der Waals surface area contributed by atoms with E-state index in [1.54, 1.807) is 6.20 Å². The molecule has 3 amide bonds. The minimum absolute atomic E-state index is 0.122. The van der Waals surface area contributed by atoms with Crippen LogP contribution in [0.4, 0.5) is 4.79 Å². The lowest BCUT2D eigenvalue weighted by Crippen LogP contribution is -2.47. The standard InChI is InChI=1S/C19H28N4O2S/c24-18(23-11-13-26-14-12-23)15-4-6-17(7-5-15)22-19(25)21-10-8-16-3-1-2-9-20-16/h1-3,9,15,17H,4-8,10-14H2,(H2,21,22,25). The maximum Gasteiger partial charge on any atom is 0.315 e. The molecule has 142 valence electrons. The molecule has 7 heteroatoms. The van der Waals surface area contributed by atoms with E-state index in [1.807, 2.05) is 34.9 Å². The van der Waals surface area contributed by atoms with Crippen LogP contribution in [0.5, 0.6) is 0 Å². The number of aromatic nitrogens is 1. The number of amides is 3. The molecule has 2 aliphatic rings. The largest absolute Gasteiger partial charge is 0.341 e. The van der Waals surface area contributed by atoms with Gasteiger partial charge in [0.1, 0.15) is 0 Å². The number of carbonyl (C=O) groups excluding carboxylic acids is 2. The molecule has 3 rings (SSSR count). The number of rotatable bonds is 5. The Kier molecular flexibility index (Phi) is 7.17. The van der Waals surface area contributed by atoms with Gasteiger partial charge < -0.3 is 15.5 Å². The summed E-state index contributed by atoms with van der Waals surface area (Å²) >= 11 is 1.92. The third kappa shape index (κ3) is 5.62. The Morgan fingerprint density at radius 1 is 1.15 bits per heavy atom. The van der Waals surface area contributed by atoms with Crippen LogP contribution in [0.3, 0.4) is 0 Å². The maximum absolute atomic E-state index is 12.6. The zero-order chi connectivity index (χ0) is 18.2. The quantitative estimate of drug-likeness (QED) is 0.825. The molecule has 1 aliphatic carbocycles. The molecule has 0 spiro atoms. The second-order valence-corrected chi connectivity index (χ2v) is 8.18. The number of nitrogens with zero attached hydrogens (tertiary/aromatic N) is 2. The molecule has 6 nitrogen and oxygen atoms in total. The minimum atomic E-state index is -0.122. The van der Waals surface area contributed by atoms with Gasteiger partial charge in [0.25, 0.3) is 0 Å². The molecule has 0 bridgehead atoms. The minimum Gasteiger partial charge on any atom is -0.341 e. The summed E-state index contributed by atoms with van der Waals surface area (Å²) in [7, 11) is 0. The Morgan fingerprint density at radius 2 is 1.92 bits per heavy atom. The van der Waals surface area contributed by atoms with Crippen LogP contribution in [0.15, 0.2) is 24.4 Å². The van der Waals surface area contributed by atoms with E-state index in [0.717, 1.165) is 62.4 Å². The number of hydrogen-bond donors (Lipinski definition) is 2. The summed E-state index contributed by atoms with van der Waals surface area (Å²) in [6.07, 6.45) is 6.00. The van der Waals surface area contributed by atoms with Crippen LogP contribution in [0.1, 0.15) is 31.4 Å². The van der Waals surface area contributed by atoms with Crippen molar-refractivity contribution >= 4 is 23.7 Å². The molecular weight excluding hydrogens is 348 g/mol. The van der Waals surface area contributed by atoms with Gasteiger partial charge in [0, 0.05) is 61.4 Å². The van der Waals surface area contributed by atoms with Crippen LogP contribution in [-0.2, 0) is 11.2 Å². The lowest BCUT2D eigenvalue weighted by molar-refractivity contribution is -0.136. The van der Waals surface area contributed by atoms with Crippen LogP contribution in [0, 0.1) is 5.92 Å². The first kappa shape index (κ1) is 19.0. The molecule has 0 radical (unpaired) electrons. The number of thioether (sulfide) groups is 1. The van der Waals surface area contributed by atoms with Crippen molar-refractivity contribution in [3.63, 3.8) is 0 Å². The molecule has 2 fully saturated rings. The van der Waals surface area contributed by atoms with Crippen LogP contribution >= 0.6 is 11.8 Å². The number of nitrogens with one attached hydrogen (secondary N) is 2. The lowest BCUT2D eigenvalue weighted by Gasteiger charge is -2.34. The molecule has 0 atom stereocenters. The van der Waals surface area contributed by atoms with Crippen molar-refractivity contribution in [2.75, 3.05) is 31.1 Å². The molecule has 2 heterocycles. The molecule has 2 N–H and O–H groups in total. The average Bonchev–Trinajstić information content (AvgIpc) is 2.69. The van der Waals surface area contributed by atoms with Crippen molar-refractivity contribution in [2.24, 2.45) is 5.92 Å². The van der Waals surface area contributed by atoms with Gasteiger partial charge >= 0.3 is 6.03 Å². The van der Waals surface area contributed by atoms with Crippen LogP contribution in [0.2, 0.25) is 0 Å². The third-order valence-corrected chi connectivity index (χ3v) is 6.07. The zero-order valence-electron chi connectivity index (χ0n) is 15.2. The van der Waals surface area contributed by atoms with E-state index < -0.39 is 0 Å². The van der Waals surface area contributed by atoms with Crippen LogP contribution in [-0.4, -0.2) is 59.0 Å². The van der Waals surface area contributed by atoms with Gasteiger partial charge in [-0.1, -0.05) is 6.07 Å². The second-order valence-electron chi connectivity index (χ2n) is 6.96. The zero-order valence-corrected chi connectivity index (χ0v) is 16.0. The van der Waals surface area contributed by atoms with Gasteiger partial charge in [-0.2, -0.15) is 11.8 Å². The fourth-order valence-electron chi connectivity index (χ4n) is 3.61. The van der Waals surface area contributed by atoms with Gasteiger partial charge in [0.15, 0.2) is 0 Å². The van der Waals surface area contributed by atoms with E-state index in [2.05, 4.69) is 15.6 Å². The van der Waals surface area contributed by atoms with E-state index in [1.165, 1.54) is 0 Å². The Hall–Kier alpha value is -1.76. The summed E-state index contributed by atoms with van der Waals surface area (Å²) in [6, 6.07) is 5.84. The fourth-order valence-corrected chi connectivity index (χ4v) is 4.52. The van der Waals surface area contributed by atoms with E-state index in [4.69, 9.17) is 0 Å². The summed E-state index contributed by atoms with van der Waals surface area (Å²) in [5, 5.41) is 5.94. The van der Waals surface area contributed by atoms with Crippen molar-refractivity contribution < 1.29 is 9.59 Å². The Morgan fingerprint density at radius 3 is 2.62 bits per heavy atom. The summed E-state index contributed by atoms with van der Waals surface area (Å²) in [5.74, 6) is 2.58. The van der Waals surface area contributed by atoms with Crippen LogP contribution < -0.4 is 10.6 Å². The highest BCUT2D eigenvalue weighted by Gasteiger charge is 2.30. The molecular formula is C19H28N4O2S. The SMILES string of the molecule is O=C(NCCc1ccccn1)NC1CCC(C(=O)N2CCSCC2)CC1. The molecule has 1 aliphatic heterocycles. The normalized spacial score (nSPS) is 23.3. The maximum atomic E-state index is 12.6. The van der Waals surface area contributed by atoms with E-state index >= 15 is 0 Å². The second kappa shape index (κ2) is 9.80. The Bertz CT molecular complexity index is 584. The van der Waals surface area contributed by atoms with Gasteiger partial charge in [0.05, 0.1) is 0 Å². The number of urea groups is 1. The first-order valence-electron chi connectivity index (χ1n) is 9.53. The number of pyridine rings is 1.